The van der Waals surface area contributed by atoms with E-state index in [0.29, 0.717) is 22.4 Å². The summed E-state index contributed by atoms with van der Waals surface area (Å²) in [5, 5.41) is 20.4. The predicted octanol–water partition coefficient (Wildman–Crippen LogP) is 4.48. The van der Waals surface area contributed by atoms with E-state index in [-0.39, 0.29) is 18.2 Å². The number of aromatic nitrogens is 1. The SMILES string of the molecule is O=C(N=Nc1c(O)[nH]c2ccccc12)[C@H]1COc2cc3ccccc3cc2O1. The topological polar surface area (TPSA) is 96.3 Å². The fraction of sp³-hybridized carbons (Fsp3) is 0.0952. The Morgan fingerprint density at radius 1 is 1.04 bits per heavy atom. The molecule has 1 amide bonds. The van der Waals surface area contributed by atoms with Crippen LogP contribution < -0.4 is 9.47 Å². The Kier molecular flexibility index (Phi) is 3.72. The molecule has 0 aliphatic carbocycles. The van der Waals surface area contributed by atoms with Crippen molar-refractivity contribution in [1.82, 2.24) is 4.98 Å². The van der Waals surface area contributed by atoms with E-state index >= 15 is 0 Å². The molecule has 0 radical (unpaired) electrons. The molecule has 1 aliphatic rings. The number of hydrogen-bond acceptors (Lipinski definition) is 5. The Morgan fingerprint density at radius 3 is 2.57 bits per heavy atom. The summed E-state index contributed by atoms with van der Waals surface area (Å²) < 4.78 is 11.5. The standard InChI is InChI=1S/C21H15N3O4/c25-20(24-23-19-14-7-3-4-8-15(14)22-21(19)26)18-11-27-16-9-12-5-1-2-6-13(12)10-17(16)28-18/h1-10,18,22,26H,11H2/t18-/m1/s1. The third-order valence-corrected chi connectivity index (χ3v) is 4.66. The molecule has 7 nitrogen and oxygen atoms in total. The van der Waals surface area contributed by atoms with Crippen LogP contribution in [-0.2, 0) is 4.79 Å². The lowest BCUT2D eigenvalue weighted by Crippen LogP contribution is -2.35. The number of ether oxygens (including phenoxy) is 2. The summed E-state index contributed by atoms with van der Waals surface area (Å²) in [6, 6.07) is 18.8. The molecule has 1 atom stereocenters. The minimum atomic E-state index is -0.898. The number of para-hydroxylation sites is 1. The van der Waals surface area contributed by atoms with Gasteiger partial charge in [0.1, 0.15) is 6.61 Å². The second kappa shape index (κ2) is 6.38. The van der Waals surface area contributed by atoms with Gasteiger partial charge < -0.3 is 19.6 Å². The second-order valence-electron chi connectivity index (χ2n) is 6.47. The lowest BCUT2D eigenvalue weighted by atomic mass is 10.1. The summed E-state index contributed by atoms with van der Waals surface area (Å²) >= 11 is 0. The number of H-pyrrole nitrogens is 1. The molecule has 0 saturated carbocycles. The van der Waals surface area contributed by atoms with E-state index in [0.717, 1.165) is 10.8 Å². The summed E-state index contributed by atoms with van der Waals surface area (Å²) in [5.74, 6) is 0.362. The number of nitrogens with one attached hydrogen (secondary N) is 1. The molecule has 0 fully saturated rings. The van der Waals surface area contributed by atoms with Gasteiger partial charge in [-0.15, -0.1) is 10.2 Å². The molecule has 28 heavy (non-hydrogen) atoms. The van der Waals surface area contributed by atoms with Crippen LogP contribution in [0, 0.1) is 0 Å². The molecule has 0 unspecified atom stereocenters. The van der Waals surface area contributed by atoms with Crippen molar-refractivity contribution in [2.24, 2.45) is 10.2 Å². The van der Waals surface area contributed by atoms with E-state index in [1.165, 1.54) is 0 Å². The van der Waals surface area contributed by atoms with Crippen molar-refractivity contribution >= 4 is 33.3 Å². The average Bonchev–Trinajstić information content (AvgIpc) is 3.05. The van der Waals surface area contributed by atoms with Gasteiger partial charge in [0, 0.05) is 5.39 Å². The number of fused-ring (bicyclic) bond motifs is 3. The molecule has 7 heteroatoms. The van der Waals surface area contributed by atoms with Crippen LogP contribution in [-0.4, -0.2) is 28.7 Å². The van der Waals surface area contributed by atoms with Crippen LogP contribution in [0.25, 0.3) is 21.7 Å². The maximum atomic E-state index is 12.5. The number of carbonyl (C=O) groups excluding carboxylic acids is 1. The Balaban J connectivity index is 1.40. The quantitative estimate of drug-likeness (QED) is 0.507. The van der Waals surface area contributed by atoms with Gasteiger partial charge in [-0.2, -0.15) is 0 Å². The van der Waals surface area contributed by atoms with Crippen molar-refractivity contribution in [2.75, 3.05) is 6.61 Å². The van der Waals surface area contributed by atoms with Gasteiger partial charge >= 0.3 is 5.91 Å². The predicted molar refractivity (Wildman–Crippen MR) is 103 cm³/mol. The van der Waals surface area contributed by atoms with Gasteiger partial charge in [0.05, 0.1) is 5.52 Å². The number of azo groups is 1. The molecule has 1 aliphatic heterocycles. The molecule has 0 bridgehead atoms. The number of rotatable bonds is 2. The highest BCUT2D eigenvalue weighted by atomic mass is 16.6. The van der Waals surface area contributed by atoms with E-state index in [4.69, 9.17) is 9.47 Å². The van der Waals surface area contributed by atoms with E-state index in [1.54, 1.807) is 12.1 Å². The first-order valence-corrected chi connectivity index (χ1v) is 8.76. The number of benzene rings is 3. The first-order chi connectivity index (χ1) is 13.7. The van der Waals surface area contributed by atoms with Gasteiger partial charge in [-0.1, -0.05) is 42.5 Å². The molecule has 138 valence electrons. The van der Waals surface area contributed by atoms with Crippen LogP contribution in [0.3, 0.4) is 0 Å². The zero-order valence-electron chi connectivity index (χ0n) is 14.6. The lowest BCUT2D eigenvalue weighted by molar-refractivity contribution is -0.127. The van der Waals surface area contributed by atoms with Crippen LogP contribution >= 0.6 is 0 Å². The van der Waals surface area contributed by atoms with Gasteiger partial charge in [0.15, 0.2) is 17.2 Å². The lowest BCUT2D eigenvalue weighted by Gasteiger charge is -2.24. The van der Waals surface area contributed by atoms with E-state index in [9.17, 15) is 9.90 Å². The minimum absolute atomic E-state index is 0.0447. The Hall–Kier alpha value is -3.87. The number of aromatic hydroxyl groups is 1. The maximum absolute atomic E-state index is 12.5. The number of aromatic amines is 1. The highest BCUT2D eigenvalue weighted by Gasteiger charge is 2.28. The first-order valence-electron chi connectivity index (χ1n) is 8.76. The van der Waals surface area contributed by atoms with E-state index < -0.39 is 12.0 Å². The molecular formula is C21H15N3O4. The number of amides is 1. The third-order valence-electron chi connectivity index (χ3n) is 4.66. The fourth-order valence-electron chi connectivity index (χ4n) is 3.26. The van der Waals surface area contributed by atoms with Crippen LogP contribution in [0.5, 0.6) is 17.4 Å². The van der Waals surface area contributed by atoms with Crippen molar-refractivity contribution in [2.45, 2.75) is 6.10 Å². The summed E-state index contributed by atoms with van der Waals surface area (Å²) in [6.07, 6.45) is -0.898. The first kappa shape index (κ1) is 16.3. The normalized spacial score (nSPS) is 16.1. The molecule has 2 heterocycles. The number of hydrogen-bond donors (Lipinski definition) is 2. The van der Waals surface area contributed by atoms with E-state index in [1.807, 2.05) is 48.5 Å². The Labute approximate surface area is 159 Å². The molecule has 5 rings (SSSR count). The molecular weight excluding hydrogens is 358 g/mol. The zero-order valence-corrected chi connectivity index (χ0v) is 14.6. The molecule has 0 saturated heterocycles. The van der Waals surface area contributed by atoms with Crippen LogP contribution in [0.15, 0.2) is 70.9 Å². The highest BCUT2D eigenvalue weighted by Crippen LogP contribution is 2.37. The fourth-order valence-corrected chi connectivity index (χ4v) is 3.26. The van der Waals surface area contributed by atoms with Gasteiger partial charge in [-0.3, -0.25) is 4.79 Å². The van der Waals surface area contributed by atoms with Crippen molar-refractivity contribution in [3.05, 3.63) is 60.7 Å². The van der Waals surface area contributed by atoms with Crippen molar-refractivity contribution in [3.8, 4) is 17.4 Å². The van der Waals surface area contributed by atoms with Crippen molar-refractivity contribution < 1.29 is 19.4 Å². The van der Waals surface area contributed by atoms with Crippen molar-refractivity contribution in [3.63, 3.8) is 0 Å². The third kappa shape index (κ3) is 2.73. The molecule has 4 aromatic rings. The van der Waals surface area contributed by atoms with Gasteiger partial charge in [-0.25, -0.2) is 0 Å². The second-order valence-corrected chi connectivity index (χ2v) is 6.47. The summed E-state index contributed by atoms with van der Waals surface area (Å²) in [4.78, 5) is 15.3. The average molecular weight is 373 g/mol. The molecule has 0 spiro atoms. The summed E-state index contributed by atoms with van der Waals surface area (Å²) in [7, 11) is 0. The van der Waals surface area contributed by atoms with Gasteiger partial charge in [0.25, 0.3) is 0 Å². The molecule has 2 N–H and O–H groups in total. The highest BCUT2D eigenvalue weighted by molar-refractivity contribution is 5.94. The molecule has 1 aromatic heterocycles. The minimum Gasteiger partial charge on any atom is -0.493 e. The monoisotopic (exact) mass is 373 g/mol. The van der Waals surface area contributed by atoms with Crippen molar-refractivity contribution in [1.29, 1.82) is 0 Å². The van der Waals surface area contributed by atoms with Gasteiger partial charge in [-0.05, 0) is 29.0 Å². The number of nitrogens with zero attached hydrogens (tertiary/aromatic N) is 2. The number of carbonyl (C=O) groups is 1. The largest absolute Gasteiger partial charge is 0.493 e. The Bertz CT molecular complexity index is 1250. The van der Waals surface area contributed by atoms with Crippen LogP contribution in [0.2, 0.25) is 0 Å². The van der Waals surface area contributed by atoms with Gasteiger partial charge in [0.2, 0.25) is 12.0 Å². The smallest absolute Gasteiger partial charge is 0.308 e. The van der Waals surface area contributed by atoms with Crippen LogP contribution in [0.4, 0.5) is 5.69 Å². The maximum Gasteiger partial charge on any atom is 0.308 e. The van der Waals surface area contributed by atoms with E-state index in [2.05, 4.69) is 15.2 Å². The Morgan fingerprint density at radius 2 is 1.75 bits per heavy atom. The summed E-state index contributed by atoms with van der Waals surface area (Å²) in [6.45, 7) is 0.0447. The van der Waals surface area contributed by atoms with Crippen LogP contribution in [0.1, 0.15) is 0 Å². The molecule has 3 aromatic carbocycles. The summed E-state index contributed by atoms with van der Waals surface area (Å²) in [5.41, 5.74) is 0.923. The zero-order chi connectivity index (χ0) is 19.1.